The van der Waals surface area contributed by atoms with E-state index in [4.69, 9.17) is 18.3 Å². The quantitative estimate of drug-likeness (QED) is 0.587. The minimum absolute atomic E-state index is 0.341. The van der Waals surface area contributed by atoms with E-state index < -0.39 is 13.6 Å². The van der Waals surface area contributed by atoms with Crippen molar-refractivity contribution in [2.45, 2.75) is 5.79 Å². The first-order valence-electron chi connectivity index (χ1n) is 4.76. The van der Waals surface area contributed by atoms with Crippen molar-refractivity contribution in [3.63, 3.8) is 0 Å². The molecule has 1 aromatic carbocycles. The fourth-order valence-electron chi connectivity index (χ4n) is 1.36. The van der Waals surface area contributed by atoms with Crippen molar-refractivity contribution < 1.29 is 22.9 Å². The van der Waals surface area contributed by atoms with Gasteiger partial charge in [0.15, 0.2) is 0 Å². The van der Waals surface area contributed by atoms with Gasteiger partial charge in [0.2, 0.25) is 5.79 Å². The second-order valence-electron chi connectivity index (χ2n) is 3.31. The Balaban J connectivity index is 2.19. The first kappa shape index (κ1) is 11.8. The van der Waals surface area contributed by atoms with E-state index in [1.165, 1.54) is 14.2 Å². The lowest BCUT2D eigenvalue weighted by Gasteiger charge is -2.18. The van der Waals surface area contributed by atoms with Gasteiger partial charge in [0, 0.05) is 19.8 Å². The minimum atomic E-state index is -3.53. The molecule has 0 saturated carbocycles. The van der Waals surface area contributed by atoms with Gasteiger partial charge < -0.3 is 4.74 Å². The molecular weight excluding hydrogens is 231 g/mol. The molecule has 16 heavy (non-hydrogen) atoms. The van der Waals surface area contributed by atoms with E-state index in [0.717, 1.165) is 5.56 Å². The highest BCUT2D eigenvalue weighted by atomic mass is 31.2. The summed E-state index contributed by atoms with van der Waals surface area (Å²) in [5.74, 6) is -0.983. The Hall–Kier alpha value is -0.710. The Bertz CT molecular complexity index is 393. The Morgan fingerprint density at radius 3 is 2.25 bits per heavy atom. The lowest BCUT2D eigenvalue weighted by molar-refractivity contribution is 0.0161. The molecule has 0 bridgehead atoms. The number of hydrogen-bond acceptors (Lipinski definition) is 5. The molecule has 0 amide bonds. The van der Waals surface area contributed by atoms with E-state index in [2.05, 4.69) is 0 Å². The van der Waals surface area contributed by atoms with Crippen LogP contribution in [-0.4, -0.2) is 20.8 Å². The van der Waals surface area contributed by atoms with Crippen molar-refractivity contribution in [1.82, 2.24) is 0 Å². The van der Waals surface area contributed by atoms with Crippen molar-refractivity contribution in [2.24, 2.45) is 0 Å². The molecule has 88 valence electrons. The fraction of sp³-hybridized carbons (Fsp3) is 0.400. The summed E-state index contributed by atoms with van der Waals surface area (Å²) in [6.45, 7) is 0.341. The average molecular weight is 244 g/mol. The third kappa shape index (κ3) is 2.19. The van der Waals surface area contributed by atoms with Gasteiger partial charge in [-0.05, 0) is 0 Å². The molecule has 1 aliphatic heterocycles. The maximum Gasteiger partial charge on any atom is 0.477 e. The van der Waals surface area contributed by atoms with Crippen LogP contribution in [0.4, 0.5) is 0 Å². The van der Waals surface area contributed by atoms with Crippen molar-refractivity contribution in [2.75, 3.05) is 20.8 Å². The zero-order chi connectivity index (χ0) is 11.6. The second kappa shape index (κ2) is 4.28. The molecule has 6 heteroatoms. The van der Waals surface area contributed by atoms with E-state index in [0.29, 0.717) is 6.61 Å². The Morgan fingerprint density at radius 1 is 1.25 bits per heavy atom. The van der Waals surface area contributed by atoms with Gasteiger partial charge in [0.1, 0.15) is 6.61 Å². The van der Waals surface area contributed by atoms with Crippen molar-refractivity contribution in [3.8, 4) is 0 Å². The highest BCUT2D eigenvalue weighted by Crippen LogP contribution is 2.57. The lowest BCUT2D eigenvalue weighted by Crippen LogP contribution is -2.13. The number of ether oxygens (including phenoxy) is 1. The third-order valence-electron chi connectivity index (χ3n) is 2.33. The predicted molar refractivity (Wildman–Crippen MR) is 56.8 cm³/mol. The molecule has 1 atom stereocenters. The van der Waals surface area contributed by atoms with Crippen LogP contribution in [0.2, 0.25) is 0 Å². The first-order valence-corrected chi connectivity index (χ1v) is 6.22. The fourth-order valence-corrected chi connectivity index (χ4v) is 2.23. The third-order valence-corrected chi connectivity index (χ3v) is 3.74. The topological polar surface area (TPSA) is 57.3 Å². The molecular formula is C10H13O5P. The minimum Gasteiger partial charge on any atom is -0.338 e. The monoisotopic (exact) mass is 244 g/mol. The standard InChI is InChI=1S/C10H13O5P/c1-12-16(11,13-2)15-10(8-14-10)9-6-4-3-5-7-9/h3-7H,8H2,1-2H3. The number of rotatable bonds is 5. The van der Waals surface area contributed by atoms with Gasteiger partial charge in [-0.2, -0.15) is 0 Å². The second-order valence-corrected chi connectivity index (χ2v) is 5.12. The van der Waals surface area contributed by atoms with Crippen molar-refractivity contribution in [3.05, 3.63) is 35.9 Å². The SMILES string of the molecule is COP(=O)(OC)OC1(c2ccccc2)CO1. The molecule has 1 aliphatic rings. The van der Waals surface area contributed by atoms with E-state index in [1.807, 2.05) is 30.3 Å². The Labute approximate surface area is 93.9 Å². The van der Waals surface area contributed by atoms with Gasteiger partial charge in [-0.25, -0.2) is 9.09 Å². The summed E-state index contributed by atoms with van der Waals surface area (Å²) in [6, 6.07) is 9.26. The summed E-state index contributed by atoms with van der Waals surface area (Å²) < 4.78 is 31.8. The maximum absolute atomic E-state index is 11.8. The van der Waals surface area contributed by atoms with Gasteiger partial charge in [-0.15, -0.1) is 0 Å². The molecule has 0 aromatic heterocycles. The van der Waals surface area contributed by atoms with E-state index in [9.17, 15) is 4.57 Å². The van der Waals surface area contributed by atoms with Crippen molar-refractivity contribution >= 4 is 7.82 Å². The molecule has 1 saturated heterocycles. The summed E-state index contributed by atoms with van der Waals surface area (Å²) in [7, 11) is -0.992. The summed E-state index contributed by atoms with van der Waals surface area (Å²) in [6.07, 6.45) is 0. The molecule has 1 heterocycles. The van der Waals surface area contributed by atoms with Gasteiger partial charge in [-0.3, -0.25) is 9.05 Å². The number of hydrogen-bond donors (Lipinski definition) is 0. The Morgan fingerprint density at radius 2 is 1.81 bits per heavy atom. The molecule has 2 rings (SSSR count). The van der Waals surface area contributed by atoms with Gasteiger partial charge in [0.05, 0.1) is 0 Å². The molecule has 0 spiro atoms. The normalized spacial score (nSPS) is 24.4. The molecule has 1 unspecified atom stereocenters. The van der Waals surface area contributed by atoms with Crippen LogP contribution in [0.3, 0.4) is 0 Å². The molecule has 0 aliphatic carbocycles. The van der Waals surface area contributed by atoms with Crippen LogP contribution in [0.15, 0.2) is 30.3 Å². The Kier molecular flexibility index (Phi) is 3.15. The highest BCUT2D eigenvalue weighted by Gasteiger charge is 2.53. The van der Waals surface area contributed by atoms with Gasteiger partial charge in [-0.1, -0.05) is 30.3 Å². The van der Waals surface area contributed by atoms with Crippen LogP contribution in [0.25, 0.3) is 0 Å². The summed E-state index contributed by atoms with van der Waals surface area (Å²) in [5, 5.41) is 0. The van der Waals surface area contributed by atoms with Gasteiger partial charge >= 0.3 is 7.82 Å². The molecule has 1 fully saturated rings. The molecule has 0 N–H and O–H groups in total. The largest absolute Gasteiger partial charge is 0.477 e. The zero-order valence-electron chi connectivity index (χ0n) is 9.08. The molecule has 5 nitrogen and oxygen atoms in total. The predicted octanol–water partition coefficient (Wildman–Crippen LogP) is 2.29. The number of phosphoric acid groups is 1. The zero-order valence-corrected chi connectivity index (χ0v) is 9.98. The summed E-state index contributed by atoms with van der Waals surface area (Å²) in [5.41, 5.74) is 0.796. The van der Waals surface area contributed by atoms with Crippen molar-refractivity contribution in [1.29, 1.82) is 0 Å². The number of phosphoric ester groups is 1. The van der Waals surface area contributed by atoms with Gasteiger partial charge in [0.25, 0.3) is 0 Å². The van der Waals surface area contributed by atoms with Crippen LogP contribution in [0.5, 0.6) is 0 Å². The van der Waals surface area contributed by atoms with E-state index >= 15 is 0 Å². The van der Waals surface area contributed by atoms with Crippen LogP contribution >= 0.6 is 7.82 Å². The van der Waals surface area contributed by atoms with Crippen LogP contribution < -0.4 is 0 Å². The summed E-state index contributed by atoms with van der Waals surface area (Å²) in [4.78, 5) is 0. The maximum atomic E-state index is 11.8. The van der Waals surface area contributed by atoms with Crippen LogP contribution in [-0.2, 0) is 28.7 Å². The van der Waals surface area contributed by atoms with Crippen LogP contribution in [0, 0.1) is 0 Å². The molecule has 1 aromatic rings. The number of benzene rings is 1. The van der Waals surface area contributed by atoms with E-state index in [-0.39, 0.29) is 0 Å². The van der Waals surface area contributed by atoms with E-state index in [1.54, 1.807) is 0 Å². The average Bonchev–Trinajstić information content (AvgIpc) is 3.11. The summed E-state index contributed by atoms with van der Waals surface area (Å²) >= 11 is 0. The molecule has 0 radical (unpaired) electrons. The highest BCUT2D eigenvalue weighted by molar-refractivity contribution is 7.48. The number of epoxide rings is 1. The first-order chi connectivity index (χ1) is 7.64. The smallest absolute Gasteiger partial charge is 0.338 e. The van der Waals surface area contributed by atoms with Crippen LogP contribution in [0.1, 0.15) is 5.56 Å². The lowest BCUT2D eigenvalue weighted by atomic mass is 10.1.